The molecule has 5 heteroatoms. The van der Waals surface area contributed by atoms with E-state index in [0.29, 0.717) is 11.5 Å². The predicted octanol–water partition coefficient (Wildman–Crippen LogP) is 2.60. The summed E-state index contributed by atoms with van der Waals surface area (Å²) in [6.07, 6.45) is 4.52. The Labute approximate surface area is 138 Å². The van der Waals surface area contributed by atoms with Crippen LogP contribution in [0.4, 0.5) is 5.69 Å². The zero-order chi connectivity index (χ0) is 16.8. The highest BCUT2D eigenvalue weighted by Crippen LogP contribution is 2.23. The predicted molar refractivity (Wildman–Crippen MR) is 90.6 cm³/mol. The van der Waals surface area contributed by atoms with Gasteiger partial charge < -0.3 is 15.0 Å². The fourth-order valence-electron chi connectivity index (χ4n) is 2.90. The first kappa shape index (κ1) is 17.3. The fourth-order valence-corrected chi connectivity index (χ4v) is 2.90. The van der Waals surface area contributed by atoms with Gasteiger partial charge in [-0.3, -0.25) is 4.79 Å². The number of nitrogens with one attached hydrogen (secondary N) is 1. The minimum absolute atomic E-state index is 0.201. The summed E-state index contributed by atoms with van der Waals surface area (Å²) < 4.78 is 5.13. The third-order valence-corrected chi connectivity index (χ3v) is 4.39. The van der Waals surface area contributed by atoms with E-state index in [9.17, 15) is 9.59 Å². The molecule has 0 bridgehead atoms. The van der Waals surface area contributed by atoms with Gasteiger partial charge in [0.15, 0.2) is 6.61 Å². The van der Waals surface area contributed by atoms with Gasteiger partial charge in [0.2, 0.25) is 0 Å². The van der Waals surface area contributed by atoms with Crippen molar-refractivity contribution in [2.45, 2.75) is 38.6 Å². The molecule has 0 radical (unpaired) electrons. The summed E-state index contributed by atoms with van der Waals surface area (Å²) in [7, 11) is 3.81. The SMILES string of the molecule is C[C@H]1CCCC[C@H]1NC(=O)COC(=O)c1cccc(N(C)C)c1. The van der Waals surface area contributed by atoms with Gasteiger partial charge in [-0.15, -0.1) is 0 Å². The molecular weight excluding hydrogens is 292 g/mol. The first-order valence-corrected chi connectivity index (χ1v) is 8.21. The van der Waals surface area contributed by atoms with Crippen molar-refractivity contribution in [2.75, 3.05) is 25.6 Å². The molecule has 1 aliphatic rings. The number of nitrogens with zero attached hydrogens (tertiary/aromatic N) is 1. The number of hydrogen-bond acceptors (Lipinski definition) is 4. The van der Waals surface area contributed by atoms with Gasteiger partial charge in [-0.05, 0) is 37.0 Å². The topological polar surface area (TPSA) is 58.6 Å². The van der Waals surface area contributed by atoms with E-state index in [1.165, 1.54) is 6.42 Å². The first-order valence-electron chi connectivity index (χ1n) is 8.21. The molecule has 0 saturated heterocycles. The summed E-state index contributed by atoms with van der Waals surface area (Å²) in [6, 6.07) is 7.36. The summed E-state index contributed by atoms with van der Waals surface area (Å²) in [4.78, 5) is 25.9. The van der Waals surface area contributed by atoms with E-state index in [0.717, 1.165) is 24.9 Å². The van der Waals surface area contributed by atoms with Crippen LogP contribution in [0, 0.1) is 5.92 Å². The van der Waals surface area contributed by atoms with Crippen LogP contribution in [0.2, 0.25) is 0 Å². The average molecular weight is 318 g/mol. The molecule has 1 saturated carbocycles. The minimum Gasteiger partial charge on any atom is -0.452 e. The standard InChI is InChI=1S/C18H26N2O3/c1-13-7-4-5-10-16(13)19-17(21)12-23-18(22)14-8-6-9-15(11-14)20(2)3/h6,8-9,11,13,16H,4-5,7,10,12H2,1-3H3,(H,19,21)/t13-,16+/m0/s1. The zero-order valence-corrected chi connectivity index (χ0v) is 14.2. The maximum absolute atomic E-state index is 12.1. The molecule has 1 aromatic carbocycles. The molecule has 23 heavy (non-hydrogen) atoms. The number of amides is 1. The van der Waals surface area contributed by atoms with E-state index in [2.05, 4.69) is 12.2 Å². The van der Waals surface area contributed by atoms with Crippen LogP contribution in [0.25, 0.3) is 0 Å². The highest BCUT2D eigenvalue weighted by atomic mass is 16.5. The molecule has 1 amide bonds. The van der Waals surface area contributed by atoms with Crippen molar-refractivity contribution in [3.05, 3.63) is 29.8 Å². The summed E-state index contributed by atoms with van der Waals surface area (Å²) in [5, 5.41) is 2.98. The van der Waals surface area contributed by atoms with Crippen LogP contribution in [0.1, 0.15) is 43.0 Å². The smallest absolute Gasteiger partial charge is 0.338 e. The summed E-state index contributed by atoms with van der Waals surface area (Å²) in [5.74, 6) is -0.207. The van der Waals surface area contributed by atoms with E-state index in [-0.39, 0.29) is 18.6 Å². The lowest BCUT2D eigenvalue weighted by molar-refractivity contribution is -0.125. The van der Waals surface area contributed by atoms with Crippen LogP contribution >= 0.6 is 0 Å². The van der Waals surface area contributed by atoms with Crippen molar-refractivity contribution in [3.63, 3.8) is 0 Å². The second-order valence-corrected chi connectivity index (χ2v) is 6.46. The number of esters is 1. The van der Waals surface area contributed by atoms with Crippen molar-refractivity contribution in [1.82, 2.24) is 5.32 Å². The molecule has 1 fully saturated rings. The molecule has 2 rings (SSSR count). The van der Waals surface area contributed by atoms with E-state index in [1.54, 1.807) is 18.2 Å². The Balaban J connectivity index is 1.84. The Morgan fingerprint density at radius 2 is 2.00 bits per heavy atom. The normalized spacial score (nSPS) is 20.7. The number of hydrogen-bond donors (Lipinski definition) is 1. The minimum atomic E-state index is -0.472. The number of benzene rings is 1. The third-order valence-electron chi connectivity index (χ3n) is 4.39. The van der Waals surface area contributed by atoms with Crippen molar-refractivity contribution in [2.24, 2.45) is 5.92 Å². The maximum atomic E-state index is 12.1. The highest BCUT2D eigenvalue weighted by molar-refractivity contribution is 5.92. The number of carbonyl (C=O) groups is 2. The lowest BCUT2D eigenvalue weighted by Gasteiger charge is -2.29. The van der Waals surface area contributed by atoms with Gasteiger partial charge in [-0.2, -0.15) is 0 Å². The summed E-state index contributed by atoms with van der Waals surface area (Å²) in [6.45, 7) is 1.93. The monoisotopic (exact) mass is 318 g/mol. The van der Waals surface area contributed by atoms with Crippen molar-refractivity contribution in [1.29, 1.82) is 0 Å². The summed E-state index contributed by atoms with van der Waals surface area (Å²) in [5.41, 5.74) is 1.37. The second kappa shape index (κ2) is 7.99. The van der Waals surface area contributed by atoms with Crippen molar-refractivity contribution >= 4 is 17.6 Å². The van der Waals surface area contributed by atoms with E-state index < -0.39 is 5.97 Å². The van der Waals surface area contributed by atoms with Crippen LogP contribution in [0.5, 0.6) is 0 Å². The quantitative estimate of drug-likeness (QED) is 0.848. The Morgan fingerprint density at radius 1 is 1.26 bits per heavy atom. The van der Waals surface area contributed by atoms with Crippen LogP contribution in [0.15, 0.2) is 24.3 Å². The first-order chi connectivity index (χ1) is 11.0. The van der Waals surface area contributed by atoms with E-state index in [1.807, 2.05) is 25.1 Å². The van der Waals surface area contributed by atoms with Gasteiger partial charge in [0.1, 0.15) is 0 Å². The molecule has 0 unspecified atom stereocenters. The Bertz CT molecular complexity index is 557. The van der Waals surface area contributed by atoms with Crippen molar-refractivity contribution in [3.8, 4) is 0 Å². The van der Waals surface area contributed by atoms with Gasteiger partial charge >= 0.3 is 5.97 Å². The summed E-state index contributed by atoms with van der Waals surface area (Å²) >= 11 is 0. The Morgan fingerprint density at radius 3 is 2.70 bits per heavy atom. The molecular formula is C18H26N2O3. The van der Waals surface area contributed by atoms with Crippen molar-refractivity contribution < 1.29 is 14.3 Å². The molecule has 1 aliphatic carbocycles. The number of anilines is 1. The molecule has 1 aromatic rings. The van der Waals surface area contributed by atoms with Crippen LogP contribution in [-0.4, -0.2) is 38.6 Å². The molecule has 1 N–H and O–H groups in total. The molecule has 0 heterocycles. The van der Waals surface area contributed by atoms with Crippen LogP contribution in [-0.2, 0) is 9.53 Å². The molecule has 2 atom stereocenters. The molecule has 5 nitrogen and oxygen atoms in total. The van der Waals surface area contributed by atoms with Gasteiger partial charge in [0, 0.05) is 25.8 Å². The van der Waals surface area contributed by atoms with Gasteiger partial charge in [0.25, 0.3) is 5.91 Å². The lowest BCUT2D eigenvalue weighted by Crippen LogP contribution is -2.42. The Hall–Kier alpha value is -2.04. The second-order valence-electron chi connectivity index (χ2n) is 6.46. The van der Waals surface area contributed by atoms with Crippen LogP contribution < -0.4 is 10.2 Å². The highest BCUT2D eigenvalue weighted by Gasteiger charge is 2.23. The molecule has 0 aliphatic heterocycles. The number of rotatable bonds is 5. The fraction of sp³-hybridized carbons (Fsp3) is 0.556. The van der Waals surface area contributed by atoms with Crippen LogP contribution in [0.3, 0.4) is 0 Å². The maximum Gasteiger partial charge on any atom is 0.338 e. The zero-order valence-electron chi connectivity index (χ0n) is 14.2. The van der Waals surface area contributed by atoms with E-state index in [4.69, 9.17) is 4.74 Å². The average Bonchev–Trinajstić information content (AvgIpc) is 2.55. The van der Waals surface area contributed by atoms with E-state index >= 15 is 0 Å². The third kappa shape index (κ3) is 4.98. The van der Waals surface area contributed by atoms with Gasteiger partial charge in [0.05, 0.1) is 5.56 Å². The largest absolute Gasteiger partial charge is 0.452 e. The molecule has 0 aromatic heterocycles. The number of carbonyl (C=O) groups excluding carboxylic acids is 2. The Kier molecular flexibility index (Phi) is 6.02. The molecule has 126 valence electrons. The van der Waals surface area contributed by atoms with Gasteiger partial charge in [-0.1, -0.05) is 25.8 Å². The van der Waals surface area contributed by atoms with Gasteiger partial charge in [-0.25, -0.2) is 4.79 Å². The molecule has 0 spiro atoms. The number of ether oxygens (including phenoxy) is 1. The lowest BCUT2D eigenvalue weighted by atomic mass is 9.86.